The average Bonchev–Trinajstić information content (AvgIpc) is 4.13. The maximum atomic E-state index is 5.37. The molecule has 1 radical (unpaired) electrons. The predicted molar refractivity (Wildman–Crippen MR) is 272 cm³/mol. The van der Waals surface area contributed by atoms with Gasteiger partial charge in [-0.25, -0.2) is 9.97 Å². The van der Waals surface area contributed by atoms with Crippen LogP contribution < -0.4 is 9.47 Å². The number of halogens is 2. The van der Waals surface area contributed by atoms with Crippen LogP contribution in [0.25, 0.3) is 81.8 Å². The average molecular weight is 1090 g/mol. The zero-order chi connectivity index (χ0) is 42.3. The number of rotatable bonds is 10. The summed E-state index contributed by atoms with van der Waals surface area (Å²) in [6.07, 6.45) is 0. The summed E-state index contributed by atoms with van der Waals surface area (Å²) >= 11 is 23.8. The predicted octanol–water partition coefficient (Wildman–Crippen LogP) is 15.3. The monoisotopic (exact) mass is 1090 g/mol. The summed E-state index contributed by atoms with van der Waals surface area (Å²) in [5.41, 5.74) is 0. The number of methoxy groups -OCH3 is 2. The molecule has 10 rings (SSSR count). The van der Waals surface area contributed by atoms with Crippen molar-refractivity contribution in [3.63, 3.8) is 0 Å². The van der Waals surface area contributed by atoms with E-state index in [2.05, 4.69) is 184 Å². The first kappa shape index (κ1) is 44.0. The second-order valence-corrected chi connectivity index (χ2v) is 23.3. The fourth-order valence-electron chi connectivity index (χ4n) is 5.43. The van der Waals surface area contributed by atoms with Crippen molar-refractivity contribution >= 4 is 143 Å². The summed E-state index contributed by atoms with van der Waals surface area (Å²) in [5, 5.41) is 4.17. The van der Waals surface area contributed by atoms with E-state index < -0.39 is 0 Å². The minimum absolute atomic E-state index is 0.317. The molecule has 0 spiro atoms. The molecule has 10 heterocycles. The number of ether oxygens (including phenoxy) is 2. The van der Waals surface area contributed by atoms with Crippen LogP contribution >= 0.6 is 135 Å². The summed E-state index contributed by atoms with van der Waals surface area (Å²) in [5.74, 6) is 2.52. The van der Waals surface area contributed by atoms with Gasteiger partial charge in [-0.3, -0.25) is 0 Å². The van der Waals surface area contributed by atoms with Crippen molar-refractivity contribution in [2.45, 2.75) is 0 Å². The van der Waals surface area contributed by atoms with Crippen LogP contribution in [0.1, 0.15) is 0 Å². The van der Waals surface area contributed by atoms with Crippen LogP contribution in [0.2, 0.25) is 0 Å². The third kappa shape index (κ3) is 10.8. The number of thiophene rings is 8. The molecule has 0 saturated heterocycles. The Labute approximate surface area is 405 Å². The second kappa shape index (κ2) is 20.7. The zero-order valence-corrected chi connectivity index (χ0v) is 42.0. The Hall–Kier alpha value is -3.61. The Balaban J connectivity index is 0.000000159. The van der Waals surface area contributed by atoms with E-state index in [0.29, 0.717) is 35.3 Å². The summed E-state index contributed by atoms with van der Waals surface area (Å²) in [6.45, 7) is 0. The van der Waals surface area contributed by atoms with Gasteiger partial charge in [-0.05, 0) is 128 Å². The van der Waals surface area contributed by atoms with Gasteiger partial charge in [0.1, 0.15) is 0 Å². The molecular weight excluding hydrogens is 1070 g/mol. The normalized spacial score (nSPS) is 10.8. The van der Waals surface area contributed by atoms with Crippen molar-refractivity contribution in [1.82, 2.24) is 29.9 Å². The van der Waals surface area contributed by atoms with Gasteiger partial charge in [-0.1, -0.05) is 12.1 Å². The summed E-state index contributed by atoms with van der Waals surface area (Å²) in [7, 11) is 7.50. The molecule has 0 aliphatic carbocycles. The quantitative estimate of drug-likeness (QED) is 0.107. The molecule has 0 amide bonds. The van der Waals surface area contributed by atoms with Gasteiger partial charge in [0.05, 0.1) is 41.3 Å². The van der Waals surface area contributed by atoms with E-state index in [4.69, 9.17) is 19.4 Å². The van der Waals surface area contributed by atoms with Crippen LogP contribution in [0.5, 0.6) is 12.0 Å². The van der Waals surface area contributed by atoms with E-state index in [-0.39, 0.29) is 0 Å². The van der Waals surface area contributed by atoms with Gasteiger partial charge in [0.15, 0.2) is 23.3 Å². The van der Waals surface area contributed by atoms with Crippen LogP contribution in [0, 0.1) is 0 Å². The van der Waals surface area contributed by atoms with Gasteiger partial charge < -0.3 is 9.47 Å². The zero-order valence-electron chi connectivity index (χ0n) is 31.4. The molecule has 9 nitrogen and oxygen atoms in total. The first-order chi connectivity index (χ1) is 29.8. The van der Waals surface area contributed by atoms with Gasteiger partial charge >= 0.3 is 36.8 Å². The number of nitrogens with zero attached hydrogens (tertiary/aromatic N) is 7. The molecule has 0 atom stereocenters. The van der Waals surface area contributed by atoms with E-state index in [9.17, 15) is 0 Å². The molecule has 61 heavy (non-hydrogen) atoms. The second-order valence-electron chi connectivity index (χ2n) is 11.9. The first-order valence-electron chi connectivity index (χ1n) is 17.4. The van der Waals surface area contributed by atoms with Crippen molar-refractivity contribution in [3.8, 4) is 93.8 Å². The SMILES string of the molecule is COc1nc(-c2ccc(-c3ccc(Br)s3)s2)nc(-c2ccc(-c3ccc(Br)s3)s2)n1.COc1nc(-c2ccc(-c3cccs3)s2)nc(-c2ccc(-c3cccs3)s2)n1.[B]=NS. The first-order valence-corrected chi connectivity index (χ1v) is 26.1. The van der Waals surface area contributed by atoms with Crippen molar-refractivity contribution < 1.29 is 9.47 Å². The maximum absolute atomic E-state index is 5.37. The minimum atomic E-state index is 0.317. The molecule has 0 bridgehead atoms. The molecule has 0 aromatic carbocycles. The van der Waals surface area contributed by atoms with Crippen molar-refractivity contribution in [2.24, 2.45) is 4.30 Å². The fraction of sp³-hybridized carbons (Fsp3) is 0.0500. The molecule has 0 fully saturated rings. The van der Waals surface area contributed by atoms with Gasteiger partial charge in [-0.2, -0.15) is 19.9 Å². The number of thiol groups is 1. The Morgan fingerprint density at radius 2 is 0.705 bits per heavy atom. The number of hydrogen-bond donors (Lipinski definition) is 1. The number of hydrogen-bond acceptors (Lipinski definition) is 18. The Morgan fingerprint density at radius 3 is 0.967 bits per heavy atom. The van der Waals surface area contributed by atoms with Gasteiger partial charge in [0.2, 0.25) is 0 Å². The van der Waals surface area contributed by atoms with Gasteiger partial charge in [0.25, 0.3) is 0 Å². The van der Waals surface area contributed by atoms with E-state index in [0.717, 1.165) is 27.1 Å². The Kier molecular flexibility index (Phi) is 15.0. The standard InChI is InChI=1S/C20H11Br2N3OS4.C20H13N3OS4.BHNS/c1-26-20-24-18(14-4-2-10(27-14)12-6-8-16(21)29-12)23-19(25-20)15-5-3-11(28-15)13-7-9-17(22)30-13;1-24-20-22-18(16-8-6-14(27-16)12-4-2-10-25-12)21-19(23-20)17-9-7-15(28-17)13-5-3-11-26-13;1-2-3/h2-9H,1H3;2-11H,1H3;3H. The topological polar surface area (TPSA) is 108 Å². The van der Waals surface area contributed by atoms with E-state index in [1.807, 2.05) is 0 Å². The van der Waals surface area contributed by atoms with E-state index in [1.165, 1.54) is 39.0 Å². The Morgan fingerprint density at radius 1 is 0.426 bits per heavy atom. The van der Waals surface area contributed by atoms with E-state index in [1.54, 1.807) is 105 Å². The van der Waals surface area contributed by atoms with Crippen molar-refractivity contribution in [3.05, 3.63) is 115 Å². The molecule has 21 heteroatoms. The molecule has 10 aromatic rings. The summed E-state index contributed by atoms with van der Waals surface area (Å²) < 4.78 is 15.6. The third-order valence-electron chi connectivity index (χ3n) is 8.06. The van der Waals surface area contributed by atoms with Crippen LogP contribution in [0.4, 0.5) is 0 Å². The third-order valence-corrected chi connectivity index (χ3v) is 18.2. The van der Waals surface area contributed by atoms with Crippen LogP contribution in [-0.2, 0) is 0 Å². The van der Waals surface area contributed by atoms with Crippen LogP contribution in [-0.4, -0.2) is 51.8 Å². The van der Waals surface area contributed by atoms with Crippen molar-refractivity contribution in [2.75, 3.05) is 14.2 Å². The van der Waals surface area contributed by atoms with Gasteiger partial charge in [-0.15, -0.1) is 90.7 Å². The van der Waals surface area contributed by atoms with Crippen LogP contribution in [0.3, 0.4) is 0 Å². The fourth-order valence-corrected chi connectivity index (χ4v) is 13.8. The molecular formula is C40H25BBr2N7O2S9. The summed E-state index contributed by atoms with van der Waals surface area (Å²) in [6, 6.07) is 34.0. The van der Waals surface area contributed by atoms with Crippen molar-refractivity contribution in [1.29, 1.82) is 0 Å². The molecule has 0 saturated carbocycles. The molecule has 0 unspecified atom stereocenters. The molecule has 303 valence electrons. The number of aromatic nitrogens is 6. The molecule has 0 aliphatic rings. The molecule has 0 N–H and O–H groups in total. The Bertz CT molecular complexity index is 2820. The summed E-state index contributed by atoms with van der Waals surface area (Å²) in [4.78, 5) is 41.1. The van der Waals surface area contributed by atoms with Crippen LogP contribution in [0.15, 0.2) is 120 Å². The molecule has 10 aromatic heterocycles. The molecule has 0 aliphatic heterocycles. The van der Waals surface area contributed by atoms with E-state index >= 15 is 0 Å². The van der Waals surface area contributed by atoms with Gasteiger partial charge in [0, 0.05) is 39.0 Å².